The number of aromatic nitrogens is 3. The average molecular weight is 408 g/mol. The SMILES string of the molecule is COc1cc(Nc2nccc(Nc3cnc4c(c3)OC(C)(C)C(=O)N4)n2)ccc1O. The molecule has 0 aliphatic carbocycles. The monoisotopic (exact) mass is 408 g/mol. The number of pyridine rings is 1. The summed E-state index contributed by atoms with van der Waals surface area (Å²) in [5.74, 6) is 1.85. The number of carbonyl (C=O) groups excluding carboxylic acids is 1. The van der Waals surface area contributed by atoms with Crippen LogP contribution in [-0.2, 0) is 4.79 Å². The van der Waals surface area contributed by atoms with E-state index in [1.54, 1.807) is 50.5 Å². The summed E-state index contributed by atoms with van der Waals surface area (Å²) in [7, 11) is 1.47. The molecule has 0 saturated heterocycles. The van der Waals surface area contributed by atoms with Gasteiger partial charge in [-0.2, -0.15) is 4.98 Å². The van der Waals surface area contributed by atoms with Crippen LogP contribution >= 0.6 is 0 Å². The molecule has 1 amide bonds. The molecule has 0 fully saturated rings. The van der Waals surface area contributed by atoms with Crippen LogP contribution in [0.4, 0.5) is 29.0 Å². The summed E-state index contributed by atoms with van der Waals surface area (Å²) in [5.41, 5.74) is 0.310. The molecule has 1 aliphatic heterocycles. The summed E-state index contributed by atoms with van der Waals surface area (Å²) < 4.78 is 10.9. The maximum absolute atomic E-state index is 12.0. The number of ether oxygens (including phenoxy) is 2. The number of benzene rings is 1. The zero-order valence-electron chi connectivity index (χ0n) is 16.6. The van der Waals surface area contributed by atoms with E-state index in [9.17, 15) is 9.90 Å². The summed E-state index contributed by atoms with van der Waals surface area (Å²) in [5, 5.41) is 18.6. The Morgan fingerprint density at radius 1 is 1.13 bits per heavy atom. The molecule has 3 heterocycles. The van der Waals surface area contributed by atoms with Crippen molar-refractivity contribution in [2.24, 2.45) is 0 Å². The van der Waals surface area contributed by atoms with Crippen LogP contribution in [0.25, 0.3) is 0 Å². The number of hydrogen-bond acceptors (Lipinski definition) is 9. The van der Waals surface area contributed by atoms with Crippen molar-refractivity contribution in [1.29, 1.82) is 0 Å². The number of rotatable bonds is 5. The van der Waals surface area contributed by atoms with Crippen molar-refractivity contribution in [2.75, 3.05) is 23.1 Å². The van der Waals surface area contributed by atoms with Gasteiger partial charge in [0.15, 0.2) is 28.7 Å². The Hall–Kier alpha value is -4.08. The van der Waals surface area contributed by atoms with E-state index in [1.807, 2.05) is 0 Å². The number of hydrogen-bond donors (Lipinski definition) is 4. The first-order chi connectivity index (χ1) is 14.3. The molecule has 3 aromatic rings. The number of nitrogens with zero attached hydrogens (tertiary/aromatic N) is 3. The van der Waals surface area contributed by atoms with E-state index in [2.05, 4.69) is 30.9 Å². The highest BCUT2D eigenvalue weighted by molar-refractivity contribution is 5.99. The fraction of sp³-hybridized carbons (Fsp3) is 0.200. The predicted molar refractivity (Wildman–Crippen MR) is 111 cm³/mol. The van der Waals surface area contributed by atoms with E-state index in [0.29, 0.717) is 40.5 Å². The van der Waals surface area contributed by atoms with E-state index in [-0.39, 0.29) is 11.7 Å². The minimum atomic E-state index is -0.982. The number of nitrogens with one attached hydrogen (secondary N) is 3. The molecule has 10 heteroatoms. The zero-order chi connectivity index (χ0) is 21.3. The summed E-state index contributed by atoms with van der Waals surface area (Å²) in [6.07, 6.45) is 3.17. The molecule has 4 rings (SSSR count). The number of amides is 1. The minimum absolute atomic E-state index is 0.0425. The highest BCUT2D eigenvalue weighted by Crippen LogP contribution is 2.34. The van der Waals surface area contributed by atoms with Gasteiger partial charge in [0.05, 0.1) is 19.0 Å². The third kappa shape index (κ3) is 3.88. The number of anilines is 5. The lowest BCUT2D eigenvalue weighted by atomic mass is 10.1. The fourth-order valence-electron chi connectivity index (χ4n) is 2.78. The van der Waals surface area contributed by atoms with Gasteiger partial charge in [-0.05, 0) is 32.0 Å². The Balaban J connectivity index is 1.52. The number of aromatic hydroxyl groups is 1. The van der Waals surface area contributed by atoms with Crippen LogP contribution < -0.4 is 25.4 Å². The van der Waals surface area contributed by atoms with Gasteiger partial charge < -0.3 is 30.5 Å². The Bertz CT molecular complexity index is 1120. The first-order valence-electron chi connectivity index (χ1n) is 9.09. The molecular weight excluding hydrogens is 388 g/mol. The van der Waals surface area contributed by atoms with Crippen molar-refractivity contribution in [2.45, 2.75) is 19.4 Å². The number of methoxy groups -OCH3 is 1. The van der Waals surface area contributed by atoms with Gasteiger partial charge in [0, 0.05) is 24.0 Å². The van der Waals surface area contributed by atoms with Crippen molar-refractivity contribution >= 4 is 34.9 Å². The van der Waals surface area contributed by atoms with Gasteiger partial charge in [-0.3, -0.25) is 4.79 Å². The number of fused-ring (bicyclic) bond motifs is 1. The van der Waals surface area contributed by atoms with Crippen LogP contribution in [0.5, 0.6) is 17.2 Å². The number of phenols is 1. The lowest BCUT2D eigenvalue weighted by molar-refractivity contribution is -0.129. The first kappa shape index (κ1) is 19.2. The molecule has 0 unspecified atom stereocenters. The van der Waals surface area contributed by atoms with Gasteiger partial charge >= 0.3 is 0 Å². The summed E-state index contributed by atoms with van der Waals surface area (Å²) in [4.78, 5) is 24.8. The second-order valence-electron chi connectivity index (χ2n) is 7.04. The first-order valence-corrected chi connectivity index (χ1v) is 9.09. The number of phenolic OH excluding ortho intramolecular Hbond substituents is 1. The van der Waals surface area contributed by atoms with Gasteiger partial charge in [0.25, 0.3) is 5.91 Å². The zero-order valence-corrected chi connectivity index (χ0v) is 16.6. The second kappa shape index (κ2) is 7.39. The molecule has 1 aliphatic rings. The molecule has 0 spiro atoms. The van der Waals surface area contributed by atoms with Crippen molar-refractivity contribution in [3.63, 3.8) is 0 Å². The van der Waals surface area contributed by atoms with Crippen LogP contribution in [0.3, 0.4) is 0 Å². The predicted octanol–water partition coefficient (Wildman–Crippen LogP) is 3.18. The quantitative estimate of drug-likeness (QED) is 0.470. The molecule has 1 aromatic carbocycles. The average Bonchev–Trinajstić information content (AvgIpc) is 2.70. The van der Waals surface area contributed by atoms with Crippen molar-refractivity contribution < 1.29 is 19.4 Å². The Labute approximate surface area is 172 Å². The third-order valence-corrected chi connectivity index (χ3v) is 4.36. The lowest BCUT2D eigenvalue weighted by Crippen LogP contribution is -2.45. The van der Waals surface area contributed by atoms with E-state index in [0.717, 1.165) is 0 Å². The molecule has 0 atom stereocenters. The van der Waals surface area contributed by atoms with Crippen LogP contribution in [-0.4, -0.2) is 38.7 Å². The van der Waals surface area contributed by atoms with Crippen LogP contribution in [0.2, 0.25) is 0 Å². The Kier molecular flexibility index (Phi) is 4.74. The maximum atomic E-state index is 12.0. The van der Waals surface area contributed by atoms with Crippen LogP contribution in [0.15, 0.2) is 42.7 Å². The summed E-state index contributed by atoms with van der Waals surface area (Å²) in [6.45, 7) is 3.37. The van der Waals surface area contributed by atoms with Gasteiger partial charge in [-0.15, -0.1) is 0 Å². The topological polar surface area (TPSA) is 131 Å². The number of carbonyl (C=O) groups is 1. The van der Waals surface area contributed by atoms with E-state index in [4.69, 9.17) is 9.47 Å². The second-order valence-corrected chi connectivity index (χ2v) is 7.04. The van der Waals surface area contributed by atoms with Crippen molar-refractivity contribution in [1.82, 2.24) is 15.0 Å². The largest absolute Gasteiger partial charge is 0.504 e. The molecule has 0 bridgehead atoms. The van der Waals surface area contributed by atoms with Gasteiger partial charge in [0.2, 0.25) is 5.95 Å². The smallest absolute Gasteiger partial charge is 0.269 e. The van der Waals surface area contributed by atoms with Crippen LogP contribution in [0, 0.1) is 0 Å². The minimum Gasteiger partial charge on any atom is -0.504 e. The highest BCUT2D eigenvalue weighted by atomic mass is 16.5. The molecule has 154 valence electrons. The van der Waals surface area contributed by atoms with Gasteiger partial charge in [-0.1, -0.05) is 0 Å². The molecule has 4 N–H and O–H groups in total. The van der Waals surface area contributed by atoms with Crippen LogP contribution in [0.1, 0.15) is 13.8 Å². The van der Waals surface area contributed by atoms with Crippen molar-refractivity contribution in [3.05, 3.63) is 42.7 Å². The van der Waals surface area contributed by atoms with Gasteiger partial charge in [-0.25, -0.2) is 9.97 Å². The van der Waals surface area contributed by atoms with E-state index in [1.165, 1.54) is 13.2 Å². The maximum Gasteiger partial charge on any atom is 0.269 e. The molecule has 0 radical (unpaired) electrons. The standard InChI is InChI=1S/C20H20N6O4/c1-20(2)18(28)26-17-15(30-20)9-12(10-22-17)23-16-6-7-21-19(25-16)24-11-4-5-13(27)14(8-11)29-3/h4-10,27H,1-3H3,(H,22,26,28)(H2,21,23,24,25). The normalized spacial score (nSPS) is 14.2. The van der Waals surface area contributed by atoms with E-state index >= 15 is 0 Å². The Morgan fingerprint density at radius 3 is 2.77 bits per heavy atom. The molecule has 30 heavy (non-hydrogen) atoms. The molecule has 10 nitrogen and oxygen atoms in total. The van der Waals surface area contributed by atoms with E-state index < -0.39 is 5.60 Å². The molecule has 0 saturated carbocycles. The Morgan fingerprint density at radius 2 is 1.97 bits per heavy atom. The highest BCUT2D eigenvalue weighted by Gasteiger charge is 2.36. The summed E-state index contributed by atoms with van der Waals surface area (Å²) in [6, 6.07) is 8.28. The van der Waals surface area contributed by atoms with Gasteiger partial charge in [0.1, 0.15) is 5.82 Å². The third-order valence-electron chi connectivity index (χ3n) is 4.36. The summed E-state index contributed by atoms with van der Waals surface area (Å²) >= 11 is 0. The molecular formula is C20H20N6O4. The lowest BCUT2D eigenvalue weighted by Gasteiger charge is -2.30. The molecule has 2 aromatic heterocycles. The van der Waals surface area contributed by atoms with Crippen molar-refractivity contribution in [3.8, 4) is 17.2 Å². The fourth-order valence-corrected chi connectivity index (χ4v) is 2.78.